The number of nitrogens with two attached hydrogens (primary N) is 1. The van der Waals surface area contributed by atoms with Gasteiger partial charge in [-0.2, -0.15) is 0 Å². The highest BCUT2D eigenvalue weighted by Gasteiger charge is 2.24. The SMILES string of the molecule is CC(N)CCNC(=O)C(NC(=O)c1ccc(C(C)(C)C)cc1)C(C)C. The van der Waals surface area contributed by atoms with E-state index in [-0.39, 0.29) is 29.2 Å². The minimum Gasteiger partial charge on any atom is -0.354 e. The number of carbonyl (C=O) groups excluding carboxylic acids is 2. The van der Waals surface area contributed by atoms with Gasteiger partial charge in [0.05, 0.1) is 0 Å². The van der Waals surface area contributed by atoms with Gasteiger partial charge in [-0.15, -0.1) is 0 Å². The van der Waals surface area contributed by atoms with Crippen molar-refractivity contribution in [2.45, 2.75) is 65.5 Å². The second-order valence-electron chi connectivity index (χ2n) is 8.08. The van der Waals surface area contributed by atoms with Crippen LogP contribution in [-0.4, -0.2) is 30.4 Å². The van der Waals surface area contributed by atoms with Gasteiger partial charge < -0.3 is 16.4 Å². The summed E-state index contributed by atoms with van der Waals surface area (Å²) < 4.78 is 0. The average Bonchev–Trinajstić information content (AvgIpc) is 2.50. The summed E-state index contributed by atoms with van der Waals surface area (Å²) >= 11 is 0. The van der Waals surface area contributed by atoms with Gasteiger partial charge in [-0.05, 0) is 42.4 Å². The molecule has 25 heavy (non-hydrogen) atoms. The Hall–Kier alpha value is -1.88. The zero-order valence-corrected chi connectivity index (χ0v) is 16.3. The zero-order chi connectivity index (χ0) is 19.2. The Balaban J connectivity index is 2.74. The number of rotatable bonds is 7. The van der Waals surface area contributed by atoms with Crippen molar-refractivity contribution in [3.8, 4) is 0 Å². The molecular weight excluding hydrogens is 314 g/mol. The van der Waals surface area contributed by atoms with Crippen LogP contribution in [0.15, 0.2) is 24.3 Å². The second-order valence-corrected chi connectivity index (χ2v) is 8.08. The van der Waals surface area contributed by atoms with Crippen molar-refractivity contribution >= 4 is 11.8 Å². The van der Waals surface area contributed by atoms with E-state index in [4.69, 9.17) is 5.73 Å². The first-order valence-corrected chi connectivity index (χ1v) is 8.97. The van der Waals surface area contributed by atoms with E-state index in [9.17, 15) is 9.59 Å². The molecule has 0 saturated carbocycles. The van der Waals surface area contributed by atoms with E-state index < -0.39 is 6.04 Å². The monoisotopic (exact) mass is 347 g/mol. The largest absolute Gasteiger partial charge is 0.354 e. The Morgan fingerprint density at radius 3 is 2.08 bits per heavy atom. The highest BCUT2D eigenvalue weighted by Crippen LogP contribution is 2.22. The van der Waals surface area contributed by atoms with E-state index in [1.165, 1.54) is 0 Å². The molecule has 0 fully saturated rings. The molecule has 5 heteroatoms. The van der Waals surface area contributed by atoms with Gasteiger partial charge in [0.25, 0.3) is 5.91 Å². The van der Waals surface area contributed by atoms with Crippen molar-refractivity contribution in [1.29, 1.82) is 0 Å². The molecule has 0 heterocycles. The molecule has 140 valence electrons. The van der Waals surface area contributed by atoms with Gasteiger partial charge in [-0.25, -0.2) is 0 Å². The van der Waals surface area contributed by atoms with E-state index in [1.807, 2.05) is 32.9 Å². The molecule has 4 N–H and O–H groups in total. The van der Waals surface area contributed by atoms with Crippen LogP contribution in [0, 0.1) is 5.92 Å². The molecule has 0 saturated heterocycles. The lowest BCUT2D eigenvalue weighted by molar-refractivity contribution is -0.123. The molecule has 1 rings (SSSR count). The molecule has 2 amide bonds. The minimum atomic E-state index is -0.567. The van der Waals surface area contributed by atoms with E-state index in [1.54, 1.807) is 12.1 Å². The first-order valence-electron chi connectivity index (χ1n) is 8.97. The summed E-state index contributed by atoms with van der Waals surface area (Å²) in [7, 11) is 0. The zero-order valence-electron chi connectivity index (χ0n) is 16.3. The Morgan fingerprint density at radius 2 is 1.64 bits per heavy atom. The van der Waals surface area contributed by atoms with Gasteiger partial charge in [-0.1, -0.05) is 46.8 Å². The predicted molar refractivity (Wildman–Crippen MR) is 103 cm³/mol. The predicted octanol–water partition coefficient (Wildman–Crippen LogP) is 2.59. The lowest BCUT2D eigenvalue weighted by Crippen LogP contribution is -2.50. The normalized spacial score (nSPS) is 14.1. The number of nitrogens with one attached hydrogen (secondary N) is 2. The molecule has 2 unspecified atom stereocenters. The number of carbonyl (C=O) groups is 2. The molecule has 0 aliphatic carbocycles. The van der Waals surface area contributed by atoms with Crippen molar-refractivity contribution in [3.05, 3.63) is 35.4 Å². The first kappa shape index (κ1) is 21.2. The summed E-state index contributed by atoms with van der Waals surface area (Å²) in [5.74, 6) is -0.412. The van der Waals surface area contributed by atoms with E-state index in [2.05, 4.69) is 31.4 Å². The number of benzene rings is 1. The summed E-state index contributed by atoms with van der Waals surface area (Å²) in [5.41, 5.74) is 7.45. The summed E-state index contributed by atoms with van der Waals surface area (Å²) in [5, 5.41) is 5.69. The van der Waals surface area contributed by atoms with Gasteiger partial charge in [0.2, 0.25) is 5.91 Å². The van der Waals surface area contributed by atoms with Crippen LogP contribution in [0.25, 0.3) is 0 Å². The van der Waals surface area contributed by atoms with Crippen LogP contribution in [0.3, 0.4) is 0 Å². The molecule has 0 spiro atoms. The molecule has 5 nitrogen and oxygen atoms in total. The smallest absolute Gasteiger partial charge is 0.251 e. The summed E-state index contributed by atoms with van der Waals surface area (Å²) in [6.07, 6.45) is 0.707. The summed E-state index contributed by atoms with van der Waals surface area (Å²) in [4.78, 5) is 24.8. The average molecular weight is 348 g/mol. The van der Waals surface area contributed by atoms with Gasteiger partial charge in [0.15, 0.2) is 0 Å². The third-order valence-corrected chi connectivity index (χ3v) is 4.15. The Labute approximate surface area is 151 Å². The van der Waals surface area contributed by atoms with Crippen LogP contribution in [-0.2, 0) is 10.2 Å². The number of hydrogen-bond acceptors (Lipinski definition) is 3. The topological polar surface area (TPSA) is 84.2 Å². The van der Waals surface area contributed by atoms with Crippen LogP contribution in [0.5, 0.6) is 0 Å². The van der Waals surface area contributed by atoms with E-state index in [0.29, 0.717) is 18.5 Å². The second kappa shape index (κ2) is 8.99. The fourth-order valence-corrected chi connectivity index (χ4v) is 2.41. The van der Waals surface area contributed by atoms with Crippen molar-refractivity contribution in [1.82, 2.24) is 10.6 Å². The molecule has 0 bridgehead atoms. The van der Waals surface area contributed by atoms with Crippen molar-refractivity contribution in [2.75, 3.05) is 6.54 Å². The maximum atomic E-state index is 12.5. The van der Waals surface area contributed by atoms with Crippen molar-refractivity contribution in [2.24, 2.45) is 11.7 Å². The number of hydrogen-bond donors (Lipinski definition) is 3. The molecule has 1 aromatic carbocycles. The van der Waals surface area contributed by atoms with E-state index >= 15 is 0 Å². The molecule has 0 aliphatic heterocycles. The van der Waals surface area contributed by atoms with E-state index in [0.717, 1.165) is 5.56 Å². The van der Waals surface area contributed by atoms with Gasteiger partial charge >= 0.3 is 0 Å². The molecule has 0 radical (unpaired) electrons. The molecule has 0 aliphatic rings. The lowest BCUT2D eigenvalue weighted by Gasteiger charge is -2.22. The van der Waals surface area contributed by atoms with Gasteiger partial charge in [-0.3, -0.25) is 9.59 Å². The number of amides is 2. The molecule has 1 aromatic rings. The summed E-state index contributed by atoms with van der Waals surface area (Å²) in [6.45, 7) is 12.6. The highest BCUT2D eigenvalue weighted by molar-refractivity contribution is 5.97. The quantitative estimate of drug-likeness (QED) is 0.709. The standard InChI is InChI=1S/C20H33N3O2/c1-13(2)17(19(25)22-12-11-14(3)21)23-18(24)15-7-9-16(10-8-15)20(4,5)6/h7-10,13-14,17H,11-12,21H2,1-6H3,(H,22,25)(H,23,24). The fraction of sp³-hybridized carbons (Fsp3) is 0.600. The molecular formula is C20H33N3O2. The fourth-order valence-electron chi connectivity index (χ4n) is 2.41. The first-order chi connectivity index (χ1) is 11.5. The Kier molecular flexibility index (Phi) is 7.61. The van der Waals surface area contributed by atoms with Crippen LogP contribution in [0.1, 0.15) is 63.9 Å². The molecule has 0 aromatic heterocycles. The van der Waals surface area contributed by atoms with Gasteiger partial charge in [0, 0.05) is 18.2 Å². The minimum absolute atomic E-state index is 0.00639. The van der Waals surface area contributed by atoms with Crippen LogP contribution in [0.4, 0.5) is 0 Å². The maximum absolute atomic E-state index is 12.5. The molecule has 2 atom stereocenters. The lowest BCUT2D eigenvalue weighted by atomic mass is 9.86. The van der Waals surface area contributed by atoms with Crippen molar-refractivity contribution < 1.29 is 9.59 Å². The third-order valence-electron chi connectivity index (χ3n) is 4.15. The van der Waals surface area contributed by atoms with Crippen LogP contribution in [0.2, 0.25) is 0 Å². The van der Waals surface area contributed by atoms with Crippen LogP contribution >= 0.6 is 0 Å². The summed E-state index contributed by atoms with van der Waals surface area (Å²) in [6, 6.07) is 7.00. The highest BCUT2D eigenvalue weighted by atomic mass is 16.2. The van der Waals surface area contributed by atoms with Crippen molar-refractivity contribution in [3.63, 3.8) is 0 Å². The maximum Gasteiger partial charge on any atom is 0.251 e. The van der Waals surface area contributed by atoms with Crippen LogP contribution < -0.4 is 16.4 Å². The van der Waals surface area contributed by atoms with Gasteiger partial charge in [0.1, 0.15) is 6.04 Å². The Morgan fingerprint density at radius 1 is 1.08 bits per heavy atom. The Bertz CT molecular complexity index is 572. The third kappa shape index (κ3) is 6.86.